The fourth-order valence-corrected chi connectivity index (χ4v) is 2.14. The molecule has 0 radical (unpaired) electrons. The normalized spacial score (nSPS) is 17.4. The Kier molecular flexibility index (Phi) is 3.80. The topological polar surface area (TPSA) is 63.3 Å². The number of hydrogen-bond acceptors (Lipinski definition) is 2. The molecule has 0 heterocycles. The van der Waals surface area contributed by atoms with Crippen LogP contribution in [-0.2, 0) is 16.0 Å². The first-order valence-electron chi connectivity index (χ1n) is 4.56. The highest BCUT2D eigenvalue weighted by Gasteiger charge is 2.32. The summed E-state index contributed by atoms with van der Waals surface area (Å²) in [6.07, 6.45) is 1.28. The van der Waals surface area contributed by atoms with Crippen molar-refractivity contribution in [1.29, 1.82) is 0 Å². The van der Waals surface area contributed by atoms with Crippen molar-refractivity contribution >= 4 is 11.1 Å². The minimum Gasteiger partial charge on any atom is -0.309 e. The average molecular weight is 213 g/mol. The molecule has 0 saturated carbocycles. The molecule has 78 valence electrons. The third kappa shape index (κ3) is 2.20. The number of hydrogen-bond donors (Lipinski definition) is 2. The van der Waals surface area contributed by atoms with E-state index in [9.17, 15) is 8.76 Å². The number of rotatable bonds is 4. The number of nitrogens with two attached hydrogens (primary N) is 1. The van der Waals surface area contributed by atoms with Crippen molar-refractivity contribution in [2.45, 2.75) is 24.6 Å². The van der Waals surface area contributed by atoms with E-state index in [0.717, 1.165) is 6.42 Å². The largest absolute Gasteiger partial charge is 0.309 e. The molecule has 0 aliphatic heterocycles. The summed E-state index contributed by atoms with van der Waals surface area (Å²) in [5.41, 5.74) is 6.63. The van der Waals surface area contributed by atoms with Gasteiger partial charge in [0.15, 0.2) is 11.1 Å². The van der Waals surface area contributed by atoms with Gasteiger partial charge in [0.2, 0.25) is 0 Å². The van der Waals surface area contributed by atoms with E-state index < -0.39 is 16.0 Å². The van der Waals surface area contributed by atoms with Crippen LogP contribution >= 0.6 is 0 Å². The first kappa shape index (κ1) is 11.4. The number of benzene rings is 1. The van der Waals surface area contributed by atoms with Gasteiger partial charge in [-0.2, -0.15) is 0 Å². The van der Waals surface area contributed by atoms with Crippen LogP contribution in [0.1, 0.15) is 25.3 Å². The Bertz CT molecular complexity index is 315. The zero-order chi connectivity index (χ0) is 10.6. The fourth-order valence-electron chi connectivity index (χ4n) is 1.42. The van der Waals surface area contributed by atoms with Gasteiger partial charge in [-0.15, -0.1) is 0 Å². The van der Waals surface area contributed by atoms with Gasteiger partial charge in [-0.25, -0.2) is 4.21 Å². The van der Waals surface area contributed by atoms with Crippen LogP contribution in [0.2, 0.25) is 0 Å². The van der Waals surface area contributed by atoms with Gasteiger partial charge >= 0.3 is 0 Å². The van der Waals surface area contributed by atoms with E-state index in [1.165, 1.54) is 0 Å². The molecule has 1 aromatic carbocycles. The molecule has 4 heteroatoms. The summed E-state index contributed by atoms with van der Waals surface area (Å²) < 4.78 is 20.4. The molecule has 0 amide bonds. The highest BCUT2D eigenvalue weighted by atomic mass is 32.2. The molecule has 0 fully saturated rings. The molecular formula is C10H15NO2S. The van der Waals surface area contributed by atoms with Crippen molar-refractivity contribution in [3.8, 4) is 0 Å². The second-order valence-electron chi connectivity index (χ2n) is 3.25. The van der Waals surface area contributed by atoms with Gasteiger partial charge in [0.05, 0.1) is 0 Å². The third-order valence-corrected chi connectivity index (χ3v) is 3.26. The summed E-state index contributed by atoms with van der Waals surface area (Å²) >= 11 is -2.04. The molecule has 0 aliphatic carbocycles. The van der Waals surface area contributed by atoms with Crippen molar-refractivity contribution in [2.75, 3.05) is 0 Å². The Morgan fingerprint density at radius 3 is 2.43 bits per heavy atom. The SMILES string of the molecule is CCCC(N)(c1ccccc1)S(=O)O. The molecule has 3 N–H and O–H groups in total. The second kappa shape index (κ2) is 4.68. The van der Waals surface area contributed by atoms with Crippen molar-refractivity contribution in [2.24, 2.45) is 5.73 Å². The van der Waals surface area contributed by atoms with E-state index >= 15 is 0 Å². The lowest BCUT2D eigenvalue weighted by Gasteiger charge is -2.25. The molecule has 3 nitrogen and oxygen atoms in total. The zero-order valence-corrected chi connectivity index (χ0v) is 8.96. The lowest BCUT2D eigenvalue weighted by Crippen LogP contribution is -2.40. The third-order valence-electron chi connectivity index (χ3n) is 2.20. The standard InChI is InChI=1S/C10H15NO2S/c1-2-8-10(11,14(12)13)9-6-4-3-5-7-9/h3-7H,2,8,11H2,1H3,(H,12,13). The van der Waals surface area contributed by atoms with E-state index in [-0.39, 0.29) is 0 Å². The Morgan fingerprint density at radius 2 is 2.00 bits per heavy atom. The maximum atomic E-state index is 11.2. The summed E-state index contributed by atoms with van der Waals surface area (Å²) in [6, 6.07) is 9.06. The first-order valence-corrected chi connectivity index (χ1v) is 5.67. The monoisotopic (exact) mass is 213 g/mol. The van der Waals surface area contributed by atoms with E-state index in [0.29, 0.717) is 12.0 Å². The summed E-state index contributed by atoms with van der Waals surface area (Å²) in [6.45, 7) is 1.94. The van der Waals surface area contributed by atoms with Gasteiger partial charge in [0.1, 0.15) is 4.87 Å². The Balaban J connectivity index is 3.06. The maximum Gasteiger partial charge on any atom is 0.178 e. The van der Waals surface area contributed by atoms with E-state index in [1.807, 2.05) is 25.1 Å². The van der Waals surface area contributed by atoms with Crippen molar-refractivity contribution in [3.05, 3.63) is 35.9 Å². The highest BCUT2D eigenvalue weighted by Crippen LogP contribution is 2.26. The van der Waals surface area contributed by atoms with Gasteiger partial charge in [-0.05, 0) is 12.0 Å². The quantitative estimate of drug-likeness (QED) is 0.750. The van der Waals surface area contributed by atoms with Crippen LogP contribution in [0.3, 0.4) is 0 Å². The Hall–Kier alpha value is -0.710. The van der Waals surface area contributed by atoms with E-state index in [2.05, 4.69) is 0 Å². The van der Waals surface area contributed by atoms with Crippen molar-refractivity contribution < 1.29 is 8.76 Å². The van der Waals surface area contributed by atoms with Crippen LogP contribution in [0.4, 0.5) is 0 Å². The predicted octanol–water partition coefficient (Wildman–Crippen LogP) is 1.82. The van der Waals surface area contributed by atoms with Crippen molar-refractivity contribution in [3.63, 3.8) is 0 Å². The van der Waals surface area contributed by atoms with Crippen LogP contribution in [0, 0.1) is 0 Å². The average Bonchev–Trinajstić information content (AvgIpc) is 2.19. The fraction of sp³-hybridized carbons (Fsp3) is 0.400. The minimum atomic E-state index is -2.04. The summed E-state index contributed by atoms with van der Waals surface area (Å²) in [5.74, 6) is 0. The van der Waals surface area contributed by atoms with Crippen molar-refractivity contribution in [1.82, 2.24) is 0 Å². The van der Waals surface area contributed by atoms with Gasteiger partial charge in [0, 0.05) is 0 Å². The lowest BCUT2D eigenvalue weighted by molar-refractivity contribution is 0.475. The van der Waals surface area contributed by atoms with Gasteiger partial charge in [-0.3, -0.25) is 0 Å². The van der Waals surface area contributed by atoms with Crippen LogP contribution in [0.15, 0.2) is 30.3 Å². The molecular weight excluding hydrogens is 198 g/mol. The highest BCUT2D eigenvalue weighted by molar-refractivity contribution is 7.80. The maximum absolute atomic E-state index is 11.2. The van der Waals surface area contributed by atoms with Crippen LogP contribution in [-0.4, -0.2) is 8.76 Å². The summed E-state index contributed by atoms with van der Waals surface area (Å²) in [7, 11) is 0. The summed E-state index contributed by atoms with van der Waals surface area (Å²) in [5, 5.41) is 0. The molecule has 1 aromatic rings. The Labute approximate surface area is 86.6 Å². The molecule has 2 unspecified atom stereocenters. The molecule has 0 aromatic heterocycles. The van der Waals surface area contributed by atoms with E-state index in [4.69, 9.17) is 5.73 Å². The predicted molar refractivity (Wildman–Crippen MR) is 58.0 cm³/mol. The molecule has 0 bridgehead atoms. The molecule has 0 spiro atoms. The van der Waals surface area contributed by atoms with E-state index in [1.54, 1.807) is 12.1 Å². The second-order valence-corrected chi connectivity index (χ2v) is 4.48. The van der Waals surface area contributed by atoms with Crippen LogP contribution < -0.4 is 5.73 Å². The molecule has 0 aliphatic rings. The minimum absolute atomic E-state index is 0.500. The first-order chi connectivity index (χ1) is 6.61. The Morgan fingerprint density at radius 1 is 1.43 bits per heavy atom. The van der Waals surface area contributed by atoms with Gasteiger partial charge < -0.3 is 10.3 Å². The smallest absolute Gasteiger partial charge is 0.178 e. The molecule has 1 rings (SSSR count). The zero-order valence-electron chi connectivity index (χ0n) is 8.14. The molecule has 2 atom stereocenters. The summed E-state index contributed by atoms with van der Waals surface area (Å²) in [4.78, 5) is -1.13. The van der Waals surface area contributed by atoms with Gasteiger partial charge in [0.25, 0.3) is 0 Å². The van der Waals surface area contributed by atoms with Crippen LogP contribution in [0.5, 0.6) is 0 Å². The molecule has 0 saturated heterocycles. The van der Waals surface area contributed by atoms with Crippen LogP contribution in [0.25, 0.3) is 0 Å². The molecule has 14 heavy (non-hydrogen) atoms. The van der Waals surface area contributed by atoms with Gasteiger partial charge in [-0.1, -0.05) is 43.7 Å². The lowest BCUT2D eigenvalue weighted by atomic mass is 10.0.